The molecule has 0 radical (unpaired) electrons. The first-order valence-electron chi connectivity index (χ1n) is 5.50. The van der Waals surface area contributed by atoms with Crippen LogP contribution in [0.15, 0.2) is 24.3 Å². The fraction of sp³-hybridized carbons (Fsp3) is 0.417. The predicted octanol–water partition coefficient (Wildman–Crippen LogP) is 1.04. The van der Waals surface area contributed by atoms with Crippen molar-refractivity contribution in [3.63, 3.8) is 0 Å². The summed E-state index contributed by atoms with van der Waals surface area (Å²) >= 11 is 0. The number of esters is 1. The predicted molar refractivity (Wildman–Crippen MR) is 64.0 cm³/mol. The van der Waals surface area contributed by atoms with Crippen molar-refractivity contribution in [3.05, 3.63) is 45.5 Å². The highest BCUT2D eigenvalue weighted by Gasteiger charge is 2.15. The van der Waals surface area contributed by atoms with E-state index in [-0.39, 0.29) is 6.42 Å². The Balaban J connectivity index is 2.67. The second-order valence-electron chi connectivity index (χ2n) is 3.86. The fourth-order valence-electron chi connectivity index (χ4n) is 1.63. The lowest BCUT2D eigenvalue weighted by molar-refractivity contribution is -0.490. The molecule has 0 heterocycles. The number of carbonyl (C=O) groups is 1. The lowest BCUT2D eigenvalue weighted by Gasteiger charge is -2.09. The highest BCUT2D eigenvalue weighted by atomic mass is 16.6. The van der Waals surface area contributed by atoms with E-state index in [2.05, 4.69) is 4.74 Å². The summed E-state index contributed by atoms with van der Waals surface area (Å²) in [6.45, 7) is -0.486. The maximum Gasteiger partial charge on any atom is 0.338 e. The molecule has 98 valence electrons. The summed E-state index contributed by atoms with van der Waals surface area (Å²) in [5.41, 5.74) is 1.14. The highest BCUT2D eigenvalue weighted by Crippen LogP contribution is 2.13. The van der Waals surface area contributed by atoms with Gasteiger partial charge in [0, 0.05) is 4.92 Å². The number of methoxy groups -OCH3 is 1. The van der Waals surface area contributed by atoms with Gasteiger partial charge in [0.15, 0.2) is 0 Å². The Morgan fingerprint density at radius 3 is 2.78 bits per heavy atom. The standard InChI is InChI=1S/C12H15NO5/c1-18-12(15)11-5-3-2-4-9(11)6-7-10(14)8-13(16)17/h2-5,10,14H,6-8H2,1H3. The molecule has 1 atom stereocenters. The zero-order valence-corrected chi connectivity index (χ0v) is 10.0. The maximum atomic E-state index is 11.5. The SMILES string of the molecule is COC(=O)c1ccccc1CCC(O)C[N+](=O)[O-]. The second-order valence-corrected chi connectivity index (χ2v) is 3.86. The van der Waals surface area contributed by atoms with Crippen LogP contribution < -0.4 is 0 Å². The molecule has 1 unspecified atom stereocenters. The molecule has 1 N–H and O–H groups in total. The molecular formula is C12H15NO5. The van der Waals surface area contributed by atoms with Crippen LogP contribution in [0.2, 0.25) is 0 Å². The van der Waals surface area contributed by atoms with Gasteiger partial charge in [-0.25, -0.2) is 4.79 Å². The quantitative estimate of drug-likeness (QED) is 0.465. The number of nitrogens with zero attached hydrogens (tertiary/aromatic N) is 1. The first-order valence-corrected chi connectivity index (χ1v) is 5.50. The topological polar surface area (TPSA) is 89.7 Å². The molecule has 1 aromatic carbocycles. The number of carbonyl (C=O) groups excluding carboxylic acids is 1. The average Bonchev–Trinajstić information content (AvgIpc) is 2.35. The van der Waals surface area contributed by atoms with Gasteiger partial charge in [-0.05, 0) is 24.5 Å². The summed E-state index contributed by atoms with van der Waals surface area (Å²) in [4.78, 5) is 21.1. The van der Waals surface area contributed by atoms with Gasteiger partial charge in [-0.3, -0.25) is 10.1 Å². The zero-order chi connectivity index (χ0) is 13.5. The van der Waals surface area contributed by atoms with Crippen molar-refractivity contribution in [1.29, 1.82) is 0 Å². The van der Waals surface area contributed by atoms with E-state index in [9.17, 15) is 20.0 Å². The maximum absolute atomic E-state index is 11.5. The first kappa shape index (κ1) is 14.1. The van der Waals surface area contributed by atoms with Crippen molar-refractivity contribution in [2.24, 2.45) is 0 Å². The molecule has 0 aliphatic carbocycles. The van der Waals surface area contributed by atoms with E-state index in [4.69, 9.17) is 0 Å². The molecule has 0 spiro atoms. The summed E-state index contributed by atoms with van der Waals surface area (Å²) in [6.07, 6.45) is -0.388. The number of benzene rings is 1. The van der Waals surface area contributed by atoms with E-state index in [1.165, 1.54) is 7.11 Å². The van der Waals surface area contributed by atoms with E-state index in [0.717, 1.165) is 0 Å². The lowest BCUT2D eigenvalue weighted by Crippen LogP contribution is -2.20. The largest absolute Gasteiger partial charge is 0.465 e. The third kappa shape index (κ3) is 4.14. The van der Waals surface area contributed by atoms with E-state index in [0.29, 0.717) is 17.5 Å². The van der Waals surface area contributed by atoms with Gasteiger partial charge in [0.05, 0.1) is 12.7 Å². The molecular weight excluding hydrogens is 238 g/mol. The zero-order valence-electron chi connectivity index (χ0n) is 10.0. The highest BCUT2D eigenvalue weighted by molar-refractivity contribution is 5.90. The van der Waals surface area contributed by atoms with Crippen LogP contribution in [0.3, 0.4) is 0 Å². The molecule has 0 fully saturated rings. The minimum atomic E-state index is -1.01. The number of hydrogen-bond donors (Lipinski definition) is 1. The van der Waals surface area contributed by atoms with Gasteiger partial charge >= 0.3 is 5.97 Å². The first-order chi connectivity index (χ1) is 8.54. The van der Waals surface area contributed by atoms with Gasteiger partial charge < -0.3 is 9.84 Å². The summed E-state index contributed by atoms with van der Waals surface area (Å²) in [5.74, 6) is -0.450. The van der Waals surface area contributed by atoms with E-state index in [1.54, 1.807) is 24.3 Å². The molecule has 0 aliphatic rings. The fourth-order valence-corrected chi connectivity index (χ4v) is 1.63. The Morgan fingerprint density at radius 2 is 2.17 bits per heavy atom. The summed E-state index contributed by atoms with van der Waals surface area (Å²) in [7, 11) is 1.29. The molecule has 0 aliphatic heterocycles. The van der Waals surface area contributed by atoms with Crippen molar-refractivity contribution in [1.82, 2.24) is 0 Å². The van der Waals surface area contributed by atoms with Crippen LogP contribution in [0.1, 0.15) is 22.3 Å². The van der Waals surface area contributed by atoms with Crippen LogP contribution >= 0.6 is 0 Å². The molecule has 6 heteroatoms. The molecule has 0 saturated carbocycles. The molecule has 1 aromatic rings. The molecule has 1 rings (SSSR count). The van der Waals surface area contributed by atoms with Gasteiger partial charge in [0.25, 0.3) is 0 Å². The third-order valence-corrected chi connectivity index (χ3v) is 2.53. The number of hydrogen-bond acceptors (Lipinski definition) is 5. The van der Waals surface area contributed by atoms with Crippen molar-refractivity contribution >= 4 is 5.97 Å². The van der Waals surface area contributed by atoms with Crippen molar-refractivity contribution in [2.75, 3.05) is 13.7 Å². The Kier molecular flexibility index (Phi) is 5.26. The van der Waals surface area contributed by atoms with E-state index < -0.39 is 23.5 Å². The lowest BCUT2D eigenvalue weighted by atomic mass is 10.0. The van der Waals surface area contributed by atoms with Crippen LogP contribution in [0.5, 0.6) is 0 Å². The molecule has 0 aromatic heterocycles. The minimum Gasteiger partial charge on any atom is -0.465 e. The summed E-state index contributed by atoms with van der Waals surface area (Å²) < 4.78 is 4.64. The van der Waals surface area contributed by atoms with Crippen molar-refractivity contribution in [2.45, 2.75) is 18.9 Å². The van der Waals surface area contributed by atoms with Crippen LogP contribution in [0.4, 0.5) is 0 Å². The monoisotopic (exact) mass is 253 g/mol. The Hall–Kier alpha value is -1.95. The van der Waals surface area contributed by atoms with Gasteiger partial charge in [-0.2, -0.15) is 0 Å². The number of nitro groups is 1. The average molecular weight is 253 g/mol. The molecule has 0 saturated heterocycles. The molecule has 0 amide bonds. The number of ether oxygens (including phenoxy) is 1. The smallest absolute Gasteiger partial charge is 0.338 e. The second kappa shape index (κ2) is 6.70. The van der Waals surface area contributed by atoms with Gasteiger partial charge in [0.2, 0.25) is 6.54 Å². The number of aliphatic hydroxyl groups is 1. The van der Waals surface area contributed by atoms with Crippen LogP contribution in [0, 0.1) is 10.1 Å². The minimum absolute atomic E-state index is 0.231. The summed E-state index contributed by atoms with van der Waals surface area (Å²) in [6, 6.07) is 6.84. The van der Waals surface area contributed by atoms with Crippen molar-refractivity contribution in [3.8, 4) is 0 Å². The summed E-state index contributed by atoms with van der Waals surface area (Å²) in [5, 5.41) is 19.6. The number of aliphatic hydroxyl groups excluding tert-OH is 1. The van der Waals surface area contributed by atoms with E-state index >= 15 is 0 Å². The van der Waals surface area contributed by atoms with Gasteiger partial charge in [0.1, 0.15) is 6.10 Å². The molecule has 18 heavy (non-hydrogen) atoms. The normalized spacial score (nSPS) is 11.9. The molecule has 0 bridgehead atoms. The number of aryl methyl sites for hydroxylation is 1. The molecule has 6 nitrogen and oxygen atoms in total. The number of rotatable bonds is 6. The van der Waals surface area contributed by atoms with Gasteiger partial charge in [-0.15, -0.1) is 0 Å². The van der Waals surface area contributed by atoms with Gasteiger partial charge in [-0.1, -0.05) is 18.2 Å². The Bertz CT molecular complexity index is 432. The van der Waals surface area contributed by atoms with E-state index in [1.807, 2.05) is 0 Å². The van der Waals surface area contributed by atoms with Crippen molar-refractivity contribution < 1.29 is 19.6 Å². The Morgan fingerprint density at radius 1 is 1.50 bits per heavy atom. The third-order valence-electron chi connectivity index (χ3n) is 2.53. The Labute approximate surface area is 104 Å². The van der Waals surface area contributed by atoms with Crippen LogP contribution in [-0.4, -0.2) is 35.8 Å². The van der Waals surface area contributed by atoms with Crippen LogP contribution in [-0.2, 0) is 11.2 Å². The van der Waals surface area contributed by atoms with Crippen LogP contribution in [0.25, 0.3) is 0 Å².